The van der Waals surface area contributed by atoms with Gasteiger partial charge in [0, 0.05) is 30.7 Å². The van der Waals surface area contributed by atoms with Gasteiger partial charge in [0.25, 0.3) is 0 Å². The molecule has 0 saturated carbocycles. The highest BCUT2D eigenvalue weighted by molar-refractivity contribution is 5.17. The highest BCUT2D eigenvalue weighted by atomic mass is 16.3. The third-order valence-corrected chi connectivity index (χ3v) is 3.94. The first-order chi connectivity index (χ1) is 9.97. The maximum Gasteiger partial charge on any atom is 0.122 e. The van der Waals surface area contributed by atoms with Gasteiger partial charge in [-0.3, -0.25) is 4.90 Å². The van der Waals surface area contributed by atoms with Crippen LogP contribution in [0.4, 0.5) is 0 Å². The molecule has 0 bridgehead atoms. The maximum atomic E-state index is 5.68. The minimum Gasteiger partial charge on any atom is -0.468 e. The van der Waals surface area contributed by atoms with Crippen molar-refractivity contribution in [2.24, 2.45) is 5.92 Å². The van der Waals surface area contributed by atoms with Crippen molar-refractivity contribution >= 4 is 0 Å². The third kappa shape index (κ3) is 6.23. The Bertz CT molecular complexity index is 380. The molecule has 0 aromatic carbocycles. The summed E-state index contributed by atoms with van der Waals surface area (Å²) in [5.74, 6) is 1.78. The van der Waals surface area contributed by atoms with E-state index in [4.69, 9.17) is 4.42 Å². The van der Waals surface area contributed by atoms with Crippen molar-refractivity contribution in [2.75, 3.05) is 6.54 Å². The van der Waals surface area contributed by atoms with Crippen molar-refractivity contribution in [3.05, 3.63) is 23.7 Å². The first-order valence-electron chi connectivity index (χ1n) is 8.50. The molecule has 1 rings (SSSR count). The zero-order valence-electron chi connectivity index (χ0n) is 14.8. The van der Waals surface area contributed by atoms with Crippen LogP contribution in [0.15, 0.2) is 16.7 Å². The Labute approximate surface area is 131 Å². The molecule has 21 heavy (non-hydrogen) atoms. The zero-order chi connectivity index (χ0) is 15.8. The van der Waals surface area contributed by atoms with Gasteiger partial charge >= 0.3 is 0 Å². The Morgan fingerprint density at radius 1 is 1.14 bits per heavy atom. The van der Waals surface area contributed by atoms with Gasteiger partial charge < -0.3 is 9.73 Å². The Balaban J connectivity index is 2.76. The van der Waals surface area contributed by atoms with Crippen LogP contribution in [0.1, 0.15) is 65.7 Å². The van der Waals surface area contributed by atoms with Crippen molar-refractivity contribution in [1.29, 1.82) is 0 Å². The van der Waals surface area contributed by atoms with Gasteiger partial charge in [-0.15, -0.1) is 0 Å². The van der Waals surface area contributed by atoms with Crippen LogP contribution in [-0.2, 0) is 13.1 Å². The molecule has 0 radical (unpaired) electrons. The number of furan rings is 1. The molecule has 122 valence electrons. The summed E-state index contributed by atoms with van der Waals surface area (Å²) in [4.78, 5) is 2.62. The minimum absolute atomic E-state index is 0.480. The SMILES string of the molecule is CCC(CC)N(Cc1ccoc1CNC(C)C)CC(C)C. The van der Waals surface area contributed by atoms with Gasteiger partial charge in [-0.2, -0.15) is 0 Å². The number of hydrogen-bond acceptors (Lipinski definition) is 3. The number of nitrogens with one attached hydrogen (secondary N) is 1. The second-order valence-corrected chi connectivity index (χ2v) is 6.70. The maximum absolute atomic E-state index is 5.68. The molecule has 0 fully saturated rings. The second-order valence-electron chi connectivity index (χ2n) is 6.70. The summed E-state index contributed by atoms with van der Waals surface area (Å²) < 4.78 is 5.68. The molecule has 0 saturated heterocycles. The number of rotatable bonds is 10. The predicted octanol–water partition coefficient (Wildman–Crippen LogP) is 4.42. The van der Waals surface area contributed by atoms with E-state index in [0.29, 0.717) is 18.0 Å². The van der Waals surface area contributed by atoms with Crippen LogP contribution in [-0.4, -0.2) is 23.5 Å². The lowest BCUT2D eigenvalue weighted by molar-refractivity contribution is 0.156. The van der Waals surface area contributed by atoms with Gasteiger partial charge in [0.1, 0.15) is 5.76 Å². The molecule has 0 spiro atoms. The standard InChI is InChI=1S/C18H34N2O/c1-7-17(8-2)20(12-14(3)4)13-16-9-10-21-18(16)11-19-15(5)6/h9-10,14-15,17,19H,7-8,11-13H2,1-6H3. The van der Waals surface area contributed by atoms with Gasteiger partial charge in [-0.1, -0.05) is 41.5 Å². The largest absolute Gasteiger partial charge is 0.468 e. The van der Waals surface area contributed by atoms with Gasteiger partial charge in [0.15, 0.2) is 0 Å². The fraction of sp³-hybridized carbons (Fsp3) is 0.778. The lowest BCUT2D eigenvalue weighted by Gasteiger charge is -2.32. The Morgan fingerprint density at radius 2 is 1.81 bits per heavy atom. The molecule has 3 nitrogen and oxygen atoms in total. The topological polar surface area (TPSA) is 28.4 Å². The van der Waals surface area contributed by atoms with E-state index < -0.39 is 0 Å². The number of hydrogen-bond donors (Lipinski definition) is 1. The molecule has 3 heteroatoms. The first kappa shape index (κ1) is 18.2. The van der Waals surface area contributed by atoms with Crippen molar-refractivity contribution in [3.8, 4) is 0 Å². The van der Waals surface area contributed by atoms with Gasteiger partial charge in [-0.05, 0) is 24.8 Å². The van der Waals surface area contributed by atoms with Crippen LogP contribution in [0.2, 0.25) is 0 Å². The highest BCUT2D eigenvalue weighted by Gasteiger charge is 2.19. The Hall–Kier alpha value is -0.800. The van der Waals surface area contributed by atoms with E-state index in [1.165, 1.54) is 18.4 Å². The molecule has 0 aliphatic heterocycles. The summed E-state index contributed by atoms with van der Waals surface area (Å²) in [7, 11) is 0. The van der Waals surface area contributed by atoms with Crippen molar-refractivity contribution in [1.82, 2.24) is 10.2 Å². The average molecular weight is 294 g/mol. The molecule has 0 atom stereocenters. The summed E-state index contributed by atoms with van der Waals surface area (Å²) in [5.41, 5.74) is 1.33. The van der Waals surface area contributed by atoms with Gasteiger partial charge in [0.05, 0.1) is 12.8 Å². The van der Waals surface area contributed by atoms with E-state index in [1.807, 2.05) is 6.26 Å². The van der Waals surface area contributed by atoms with E-state index in [0.717, 1.165) is 25.4 Å². The molecular weight excluding hydrogens is 260 g/mol. The lowest BCUT2D eigenvalue weighted by atomic mass is 10.1. The minimum atomic E-state index is 0.480. The quantitative estimate of drug-likeness (QED) is 0.692. The number of nitrogens with zero attached hydrogens (tertiary/aromatic N) is 1. The monoisotopic (exact) mass is 294 g/mol. The summed E-state index contributed by atoms with van der Waals surface area (Å²) in [6.07, 6.45) is 4.24. The van der Waals surface area contributed by atoms with Crippen LogP contribution in [0, 0.1) is 5.92 Å². The van der Waals surface area contributed by atoms with E-state index in [9.17, 15) is 0 Å². The van der Waals surface area contributed by atoms with Crippen molar-refractivity contribution in [2.45, 2.75) is 79.6 Å². The van der Waals surface area contributed by atoms with E-state index in [2.05, 4.69) is 57.8 Å². The van der Waals surface area contributed by atoms with Crippen LogP contribution in [0.3, 0.4) is 0 Å². The predicted molar refractivity (Wildman–Crippen MR) is 90.3 cm³/mol. The van der Waals surface area contributed by atoms with Crippen LogP contribution < -0.4 is 5.32 Å². The molecule has 1 heterocycles. The van der Waals surface area contributed by atoms with E-state index >= 15 is 0 Å². The molecule has 1 aromatic rings. The van der Waals surface area contributed by atoms with Crippen molar-refractivity contribution in [3.63, 3.8) is 0 Å². The fourth-order valence-corrected chi connectivity index (χ4v) is 2.80. The van der Waals surface area contributed by atoms with Gasteiger partial charge in [-0.25, -0.2) is 0 Å². The summed E-state index contributed by atoms with van der Waals surface area (Å²) >= 11 is 0. The smallest absolute Gasteiger partial charge is 0.122 e. The normalized spacial score (nSPS) is 12.3. The zero-order valence-corrected chi connectivity index (χ0v) is 14.8. The first-order valence-corrected chi connectivity index (χ1v) is 8.50. The van der Waals surface area contributed by atoms with Crippen molar-refractivity contribution < 1.29 is 4.42 Å². The Morgan fingerprint density at radius 3 is 2.33 bits per heavy atom. The molecule has 0 unspecified atom stereocenters. The van der Waals surface area contributed by atoms with Crippen LogP contribution in [0.25, 0.3) is 0 Å². The third-order valence-electron chi connectivity index (χ3n) is 3.94. The van der Waals surface area contributed by atoms with Crippen LogP contribution in [0.5, 0.6) is 0 Å². The molecular formula is C18H34N2O. The fourth-order valence-electron chi connectivity index (χ4n) is 2.80. The molecule has 1 N–H and O–H groups in total. The molecule has 0 aliphatic rings. The molecule has 1 aromatic heterocycles. The van der Waals surface area contributed by atoms with E-state index in [1.54, 1.807) is 0 Å². The lowest BCUT2D eigenvalue weighted by Crippen LogP contribution is -2.37. The summed E-state index contributed by atoms with van der Waals surface area (Å²) in [6, 6.07) is 3.27. The van der Waals surface area contributed by atoms with Crippen LogP contribution >= 0.6 is 0 Å². The average Bonchev–Trinajstić information content (AvgIpc) is 2.84. The molecule has 0 amide bonds. The highest BCUT2D eigenvalue weighted by Crippen LogP contribution is 2.19. The van der Waals surface area contributed by atoms with Gasteiger partial charge in [0.2, 0.25) is 0 Å². The Kier molecular flexibility index (Phi) is 8.05. The van der Waals surface area contributed by atoms with E-state index in [-0.39, 0.29) is 0 Å². The second kappa shape index (κ2) is 9.26. The summed E-state index contributed by atoms with van der Waals surface area (Å²) in [6.45, 7) is 16.5. The molecule has 0 aliphatic carbocycles. The summed E-state index contributed by atoms with van der Waals surface area (Å²) in [5, 5.41) is 3.45.